The minimum atomic E-state index is -0.267. The van der Waals surface area contributed by atoms with Gasteiger partial charge in [0.25, 0.3) is 0 Å². The van der Waals surface area contributed by atoms with Crippen molar-refractivity contribution in [2.24, 2.45) is 11.3 Å². The molecule has 1 fully saturated rings. The van der Waals surface area contributed by atoms with E-state index in [1.54, 1.807) is 19.2 Å². The smallest absolute Gasteiger partial charge is 0.309 e. The van der Waals surface area contributed by atoms with Crippen LogP contribution in [0.4, 0.5) is 4.39 Å². The fourth-order valence-corrected chi connectivity index (χ4v) is 7.41. The van der Waals surface area contributed by atoms with E-state index in [4.69, 9.17) is 14.2 Å². The zero-order chi connectivity index (χ0) is 28.8. The first-order chi connectivity index (χ1) is 19.8. The Hall–Kier alpha value is -3.60. The summed E-state index contributed by atoms with van der Waals surface area (Å²) in [6, 6.07) is 17.5. The van der Waals surface area contributed by atoms with Crippen LogP contribution in [0.2, 0.25) is 0 Å². The highest BCUT2D eigenvalue weighted by Crippen LogP contribution is 2.56. The van der Waals surface area contributed by atoms with Crippen LogP contribution < -0.4 is 9.47 Å². The van der Waals surface area contributed by atoms with Gasteiger partial charge in [-0.25, -0.2) is 4.39 Å². The zero-order valence-electron chi connectivity index (χ0n) is 24.5. The highest BCUT2D eigenvalue weighted by atomic mass is 19.1. The summed E-state index contributed by atoms with van der Waals surface area (Å²) in [4.78, 5) is 12.6. The van der Waals surface area contributed by atoms with E-state index in [1.807, 2.05) is 18.2 Å². The largest absolute Gasteiger partial charge is 0.497 e. The maximum atomic E-state index is 15.1. The lowest BCUT2D eigenvalue weighted by molar-refractivity contribution is -0.153. The van der Waals surface area contributed by atoms with Gasteiger partial charge in [0, 0.05) is 11.0 Å². The average Bonchev–Trinajstić information content (AvgIpc) is 3.33. The number of allylic oxidation sites excluding steroid dienone is 2. The molecule has 214 valence electrons. The lowest BCUT2D eigenvalue weighted by atomic mass is 9.52. The zero-order valence-corrected chi connectivity index (χ0v) is 24.5. The number of aryl methyl sites for hydroxylation is 1. The molecule has 3 aliphatic rings. The second-order valence-electron chi connectivity index (χ2n) is 12.5. The normalized spacial score (nSPS) is 22.5. The van der Waals surface area contributed by atoms with Gasteiger partial charge in [0.2, 0.25) is 0 Å². The summed E-state index contributed by atoms with van der Waals surface area (Å²) in [6.07, 6.45) is 9.39. The minimum Gasteiger partial charge on any atom is -0.497 e. The van der Waals surface area contributed by atoms with Crippen molar-refractivity contribution in [1.82, 2.24) is 0 Å². The molecule has 0 saturated heterocycles. The summed E-state index contributed by atoms with van der Waals surface area (Å²) in [6.45, 7) is 4.91. The SMILES string of the molecule is COC(=O)[C@@H]1CC[C@@]12CCCc1ccc(OCc3ccc(-c4cc(OC)ccc4F)c(C4=CCCC4(C)C)c3)cc12. The molecule has 4 nitrogen and oxygen atoms in total. The number of rotatable bonds is 7. The fraction of sp³-hybridized carbons (Fsp3) is 0.417. The van der Waals surface area contributed by atoms with E-state index in [0.717, 1.165) is 67.4 Å². The molecule has 2 atom stereocenters. The van der Waals surface area contributed by atoms with Gasteiger partial charge in [-0.2, -0.15) is 0 Å². The molecule has 41 heavy (non-hydrogen) atoms. The maximum Gasteiger partial charge on any atom is 0.309 e. The van der Waals surface area contributed by atoms with Crippen LogP contribution in [-0.4, -0.2) is 20.2 Å². The van der Waals surface area contributed by atoms with Gasteiger partial charge in [-0.1, -0.05) is 38.1 Å². The van der Waals surface area contributed by atoms with Crippen LogP contribution in [0.5, 0.6) is 11.5 Å². The number of carbonyl (C=O) groups excluding carboxylic acids is 1. The number of hydrogen-bond donors (Lipinski definition) is 0. The highest BCUT2D eigenvalue weighted by Gasteiger charge is 2.53. The predicted octanol–water partition coefficient (Wildman–Crippen LogP) is 8.44. The number of hydrogen-bond acceptors (Lipinski definition) is 4. The number of methoxy groups -OCH3 is 2. The van der Waals surface area contributed by atoms with E-state index in [-0.39, 0.29) is 28.5 Å². The number of benzene rings is 3. The number of halogens is 1. The van der Waals surface area contributed by atoms with Crippen LogP contribution in [0.15, 0.2) is 60.7 Å². The van der Waals surface area contributed by atoms with Gasteiger partial charge in [0.05, 0.1) is 20.1 Å². The second-order valence-corrected chi connectivity index (χ2v) is 12.5. The first-order valence-electron chi connectivity index (χ1n) is 14.8. The molecule has 3 aromatic carbocycles. The van der Waals surface area contributed by atoms with Crippen molar-refractivity contribution >= 4 is 11.5 Å². The third kappa shape index (κ3) is 4.83. The van der Waals surface area contributed by atoms with Gasteiger partial charge in [-0.3, -0.25) is 4.79 Å². The summed E-state index contributed by atoms with van der Waals surface area (Å²) in [7, 11) is 3.09. The number of fused-ring (bicyclic) bond motifs is 2. The van der Waals surface area contributed by atoms with E-state index < -0.39 is 0 Å². The monoisotopic (exact) mass is 554 g/mol. The van der Waals surface area contributed by atoms with Gasteiger partial charge >= 0.3 is 5.97 Å². The van der Waals surface area contributed by atoms with E-state index in [2.05, 4.69) is 38.1 Å². The topological polar surface area (TPSA) is 44.8 Å². The Morgan fingerprint density at radius 1 is 0.927 bits per heavy atom. The van der Waals surface area contributed by atoms with Gasteiger partial charge in [-0.15, -0.1) is 0 Å². The van der Waals surface area contributed by atoms with Crippen LogP contribution in [-0.2, 0) is 28.0 Å². The molecule has 0 amide bonds. The van der Waals surface area contributed by atoms with Crippen molar-refractivity contribution in [3.63, 3.8) is 0 Å². The van der Waals surface area contributed by atoms with Gasteiger partial charge < -0.3 is 14.2 Å². The molecular weight excluding hydrogens is 515 g/mol. The summed E-state index contributed by atoms with van der Waals surface area (Å²) < 4.78 is 32.1. The highest BCUT2D eigenvalue weighted by molar-refractivity contribution is 5.85. The van der Waals surface area contributed by atoms with Crippen LogP contribution in [0.3, 0.4) is 0 Å². The Morgan fingerprint density at radius 3 is 2.46 bits per heavy atom. The lowest BCUT2D eigenvalue weighted by Gasteiger charge is -2.51. The first-order valence-corrected chi connectivity index (χ1v) is 14.8. The standard InChI is InChI=1S/C36H39FO4/c1-35(2)16-6-8-30(35)28-19-23(9-13-27(28)29-20-25(39-3)12-14-33(29)37)22-41-26-11-10-24-7-5-17-36(32(24)21-26)18-15-31(36)34(38)40-4/h8-14,19-21,31H,5-7,15-18,22H2,1-4H3/t31-,36-/m0/s1. The van der Waals surface area contributed by atoms with E-state index in [9.17, 15) is 4.79 Å². The Kier molecular flexibility index (Phi) is 7.17. The molecular formula is C36H39FO4. The Balaban J connectivity index is 1.31. The minimum absolute atomic E-state index is 0.00463. The van der Waals surface area contributed by atoms with Crippen molar-refractivity contribution < 1.29 is 23.4 Å². The molecule has 6 rings (SSSR count). The van der Waals surface area contributed by atoms with Crippen molar-refractivity contribution in [1.29, 1.82) is 0 Å². The molecule has 0 heterocycles. The van der Waals surface area contributed by atoms with Gasteiger partial charge in [0.1, 0.15) is 23.9 Å². The molecule has 3 aliphatic carbocycles. The predicted molar refractivity (Wildman–Crippen MR) is 160 cm³/mol. The fourth-order valence-electron chi connectivity index (χ4n) is 7.41. The Morgan fingerprint density at radius 2 is 1.76 bits per heavy atom. The summed E-state index contributed by atoms with van der Waals surface area (Å²) >= 11 is 0. The molecule has 5 heteroatoms. The molecule has 0 aliphatic heterocycles. The van der Waals surface area contributed by atoms with Gasteiger partial charge in [0.15, 0.2) is 0 Å². The third-order valence-electron chi connectivity index (χ3n) is 9.81. The van der Waals surface area contributed by atoms with Crippen molar-refractivity contribution in [2.45, 2.75) is 70.8 Å². The number of ether oxygens (including phenoxy) is 3. The third-order valence-corrected chi connectivity index (χ3v) is 9.81. The molecule has 0 aromatic heterocycles. The maximum absolute atomic E-state index is 15.1. The molecule has 0 bridgehead atoms. The summed E-state index contributed by atoms with van der Waals surface area (Å²) in [5.41, 5.74) is 7.15. The van der Waals surface area contributed by atoms with Crippen molar-refractivity contribution in [3.05, 3.63) is 88.7 Å². The van der Waals surface area contributed by atoms with E-state index in [1.165, 1.54) is 29.9 Å². The quantitative estimate of drug-likeness (QED) is 0.275. The van der Waals surface area contributed by atoms with Gasteiger partial charge in [-0.05, 0) is 120 Å². The van der Waals surface area contributed by atoms with Crippen LogP contribution in [0, 0.1) is 17.2 Å². The van der Waals surface area contributed by atoms with Crippen molar-refractivity contribution in [2.75, 3.05) is 14.2 Å². The summed E-state index contributed by atoms with van der Waals surface area (Å²) in [5, 5.41) is 0. The molecule has 1 spiro atoms. The van der Waals surface area contributed by atoms with Crippen LogP contribution >= 0.6 is 0 Å². The van der Waals surface area contributed by atoms with E-state index in [0.29, 0.717) is 17.9 Å². The van der Waals surface area contributed by atoms with Crippen LogP contribution in [0.25, 0.3) is 16.7 Å². The summed E-state index contributed by atoms with van der Waals surface area (Å²) in [5.74, 6) is 1.00. The molecule has 1 saturated carbocycles. The molecule has 0 unspecified atom stereocenters. The molecule has 0 N–H and O–H groups in total. The van der Waals surface area contributed by atoms with Crippen molar-refractivity contribution in [3.8, 4) is 22.6 Å². The second kappa shape index (κ2) is 10.7. The molecule has 0 radical (unpaired) electrons. The number of esters is 1. The first kappa shape index (κ1) is 27.6. The molecule has 3 aromatic rings. The number of carbonyl (C=O) groups is 1. The van der Waals surface area contributed by atoms with E-state index >= 15 is 4.39 Å². The Labute approximate surface area is 242 Å². The Bertz CT molecular complexity index is 1520. The average molecular weight is 555 g/mol. The lowest BCUT2D eigenvalue weighted by Crippen LogP contribution is -2.50. The van der Waals surface area contributed by atoms with Crippen LogP contribution in [0.1, 0.15) is 74.6 Å².